The van der Waals surface area contributed by atoms with Gasteiger partial charge in [0.1, 0.15) is 0 Å². The number of fused-ring (bicyclic) bond motifs is 1. The topological polar surface area (TPSA) is 0 Å². The molecule has 0 bridgehead atoms. The van der Waals surface area contributed by atoms with Gasteiger partial charge in [0, 0.05) is 15.5 Å². The fourth-order valence-electron chi connectivity index (χ4n) is 1.51. The smallest absolute Gasteiger partial charge is 0.0481 e. The highest BCUT2D eigenvalue weighted by Gasteiger charge is 2.06. The second kappa shape index (κ2) is 4.13. The molecule has 1 heterocycles. The van der Waals surface area contributed by atoms with Crippen molar-refractivity contribution in [3.63, 3.8) is 0 Å². The summed E-state index contributed by atoms with van der Waals surface area (Å²) in [7, 11) is 0. The van der Waals surface area contributed by atoms with E-state index in [9.17, 15) is 0 Å². The second-order valence-electron chi connectivity index (χ2n) is 3.23. The molecule has 0 aliphatic rings. The van der Waals surface area contributed by atoms with E-state index in [2.05, 4.69) is 30.7 Å². The lowest BCUT2D eigenvalue weighted by atomic mass is 10.1. The molecule has 0 aliphatic heterocycles. The zero-order chi connectivity index (χ0) is 10.1. The Morgan fingerprint density at radius 1 is 1.43 bits per heavy atom. The number of thioether (sulfide) groups is 1. The second-order valence-corrected chi connectivity index (χ2v) is 5.22. The molecule has 0 amide bonds. The predicted octanol–water partition coefficient (Wildman–Crippen LogP) is 4.67. The lowest BCUT2D eigenvalue weighted by Crippen LogP contribution is -1.80. The molecule has 74 valence electrons. The SMILES string of the molecule is CSc1cc(CCl)cc2c(C)csc12. The first kappa shape index (κ1) is 10.3. The van der Waals surface area contributed by atoms with Crippen LogP contribution in [0.4, 0.5) is 0 Å². The molecule has 0 atom stereocenters. The summed E-state index contributed by atoms with van der Waals surface area (Å²) in [6.07, 6.45) is 2.11. The quantitative estimate of drug-likeness (QED) is 0.545. The van der Waals surface area contributed by atoms with Crippen molar-refractivity contribution < 1.29 is 0 Å². The van der Waals surface area contributed by atoms with Crippen molar-refractivity contribution in [3.8, 4) is 0 Å². The third-order valence-corrected chi connectivity index (χ3v) is 4.61. The van der Waals surface area contributed by atoms with Crippen molar-refractivity contribution in [1.82, 2.24) is 0 Å². The highest BCUT2D eigenvalue weighted by Crippen LogP contribution is 2.34. The highest BCUT2D eigenvalue weighted by molar-refractivity contribution is 7.99. The Morgan fingerprint density at radius 3 is 2.86 bits per heavy atom. The van der Waals surface area contributed by atoms with E-state index in [0.717, 1.165) is 0 Å². The molecular formula is C11H11ClS2. The maximum atomic E-state index is 5.87. The van der Waals surface area contributed by atoms with Gasteiger partial charge in [-0.25, -0.2) is 0 Å². The van der Waals surface area contributed by atoms with Crippen molar-refractivity contribution in [2.45, 2.75) is 17.7 Å². The Kier molecular flexibility index (Phi) is 3.05. The van der Waals surface area contributed by atoms with Crippen LogP contribution in [0.1, 0.15) is 11.1 Å². The van der Waals surface area contributed by atoms with E-state index in [0.29, 0.717) is 5.88 Å². The van der Waals surface area contributed by atoms with Crippen molar-refractivity contribution in [1.29, 1.82) is 0 Å². The third-order valence-electron chi connectivity index (χ3n) is 2.27. The maximum absolute atomic E-state index is 5.87. The molecule has 2 aromatic rings. The molecular weight excluding hydrogens is 232 g/mol. The summed E-state index contributed by atoms with van der Waals surface area (Å²) in [5, 5.41) is 3.57. The average molecular weight is 243 g/mol. The average Bonchev–Trinajstić information content (AvgIpc) is 2.59. The van der Waals surface area contributed by atoms with E-state index in [4.69, 9.17) is 11.6 Å². The Hall–Kier alpha value is -0.180. The first-order chi connectivity index (χ1) is 6.76. The molecule has 0 radical (unpaired) electrons. The number of aryl methyl sites for hydroxylation is 1. The van der Waals surface area contributed by atoms with E-state index in [1.54, 1.807) is 11.8 Å². The summed E-state index contributed by atoms with van der Waals surface area (Å²) in [4.78, 5) is 1.34. The maximum Gasteiger partial charge on any atom is 0.0481 e. The van der Waals surface area contributed by atoms with Gasteiger partial charge in [0.25, 0.3) is 0 Å². The van der Waals surface area contributed by atoms with Crippen LogP contribution in [0.15, 0.2) is 22.4 Å². The highest BCUT2D eigenvalue weighted by atomic mass is 35.5. The molecule has 0 nitrogen and oxygen atoms in total. The summed E-state index contributed by atoms with van der Waals surface area (Å²) in [6.45, 7) is 2.15. The summed E-state index contributed by atoms with van der Waals surface area (Å²) >= 11 is 9.48. The van der Waals surface area contributed by atoms with Gasteiger partial charge in [-0.2, -0.15) is 0 Å². The first-order valence-corrected chi connectivity index (χ1v) is 7.01. The van der Waals surface area contributed by atoms with Gasteiger partial charge in [-0.1, -0.05) is 0 Å². The minimum atomic E-state index is 0.596. The Balaban J connectivity index is 2.76. The number of benzene rings is 1. The Bertz CT molecular complexity index is 460. The predicted molar refractivity (Wildman–Crippen MR) is 67.9 cm³/mol. The Labute approximate surface area is 97.3 Å². The summed E-state index contributed by atoms with van der Waals surface area (Å²) in [6, 6.07) is 4.39. The van der Waals surface area contributed by atoms with Crippen LogP contribution >= 0.6 is 34.7 Å². The van der Waals surface area contributed by atoms with Crippen LogP contribution in [0.25, 0.3) is 10.1 Å². The van der Waals surface area contributed by atoms with E-state index in [1.165, 1.54) is 26.1 Å². The standard InChI is InChI=1S/C11H11ClS2/c1-7-6-14-11-9(7)3-8(5-12)4-10(11)13-2/h3-4,6H,5H2,1-2H3. The van der Waals surface area contributed by atoms with Gasteiger partial charge in [-0.05, 0) is 47.2 Å². The molecule has 0 N–H and O–H groups in total. The minimum absolute atomic E-state index is 0.596. The fraction of sp³-hybridized carbons (Fsp3) is 0.273. The number of hydrogen-bond acceptors (Lipinski definition) is 2. The monoisotopic (exact) mass is 242 g/mol. The van der Waals surface area contributed by atoms with Gasteiger partial charge in [0.15, 0.2) is 0 Å². The van der Waals surface area contributed by atoms with E-state index < -0.39 is 0 Å². The lowest BCUT2D eigenvalue weighted by Gasteiger charge is -2.03. The van der Waals surface area contributed by atoms with Crippen LogP contribution in [-0.2, 0) is 5.88 Å². The van der Waals surface area contributed by atoms with Crippen LogP contribution in [0.5, 0.6) is 0 Å². The Morgan fingerprint density at radius 2 is 2.21 bits per heavy atom. The molecule has 3 heteroatoms. The zero-order valence-corrected chi connectivity index (χ0v) is 10.5. The zero-order valence-electron chi connectivity index (χ0n) is 8.13. The number of alkyl halides is 1. The molecule has 0 spiro atoms. The van der Waals surface area contributed by atoms with Crippen LogP contribution < -0.4 is 0 Å². The molecule has 2 rings (SSSR count). The summed E-state index contributed by atoms with van der Waals surface area (Å²) < 4.78 is 1.39. The molecule has 0 saturated carbocycles. The van der Waals surface area contributed by atoms with E-state index in [1.807, 2.05) is 11.3 Å². The number of hydrogen-bond donors (Lipinski definition) is 0. The molecule has 0 aliphatic carbocycles. The summed E-state index contributed by atoms with van der Waals surface area (Å²) in [5.41, 5.74) is 2.57. The largest absolute Gasteiger partial charge is 0.142 e. The van der Waals surface area contributed by atoms with Crippen molar-refractivity contribution >= 4 is 44.8 Å². The minimum Gasteiger partial charge on any atom is -0.142 e. The molecule has 1 aromatic carbocycles. The number of thiophene rings is 1. The van der Waals surface area contributed by atoms with Gasteiger partial charge in [0.2, 0.25) is 0 Å². The molecule has 0 saturated heterocycles. The van der Waals surface area contributed by atoms with Gasteiger partial charge < -0.3 is 0 Å². The van der Waals surface area contributed by atoms with E-state index in [-0.39, 0.29) is 0 Å². The van der Waals surface area contributed by atoms with Gasteiger partial charge in [0.05, 0.1) is 0 Å². The first-order valence-electron chi connectivity index (χ1n) is 4.37. The fourth-order valence-corrected chi connectivity index (χ4v) is 3.57. The third kappa shape index (κ3) is 1.67. The molecule has 1 aromatic heterocycles. The number of halogens is 1. The number of rotatable bonds is 2. The van der Waals surface area contributed by atoms with Crippen molar-refractivity contribution in [2.75, 3.05) is 6.26 Å². The molecule has 0 unspecified atom stereocenters. The van der Waals surface area contributed by atoms with Gasteiger partial charge >= 0.3 is 0 Å². The normalized spacial score (nSPS) is 11.1. The van der Waals surface area contributed by atoms with Gasteiger partial charge in [-0.3, -0.25) is 0 Å². The van der Waals surface area contributed by atoms with Crippen LogP contribution in [0.3, 0.4) is 0 Å². The van der Waals surface area contributed by atoms with Crippen LogP contribution in [0, 0.1) is 6.92 Å². The van der Waals surface area contributed by atoms with E-state index >= 15 is 0 Å². The summed E-state index contributed by atoms with van der Waals surface area (Å²) in [5.74, 6) is 0.596. The molecule has 14 heavy (non-hydrogen) atoms. The van der Waals surface area contributed by atoms with Crippen molar-refractivity contribution in [3.05, 3.63) is 28.6 Å². The van der Waals surface area contributed by atoms with Crippen LogP contribution in [0.2, 0.25) is 0 Å². The molecule has 0 fully saturated rings. The van der Waals surface area contributed by atoms with Crippen molar-refractivity contribution in [2.24, 2.45) is 0 Å². The van der Waals surface area contributed by atoms with Crippen LogP contribution in [-0.4, -0.2) is 6.26 Å². The lowest BCUT2D eigenvalue weighted by molar-refractivity contribution is 1.37. The van der Waals surface area contributed by atoms with Gasteiger partial charge in [-0.15, -0.1) is 34.7 Å².